The number of carbonyl (C=O) groups excluding carboxylic acids is 2. The van der Waals surface area contributed by atoms with Gasteiger partial charge in [-0.2, -0.15) is 0 Å². The van der Waals surface area contributed by atoms with Crippen molar-refractivity contribution in [3.05, 3.63) is 62.8 Å². The third-order valence-electron chi connectivity index (χ3n) is 8.61. The molecule has 1 N–H and O–H groups in total. The molecule has 10 nitrogen and oxygen atoms in total. The van der Waals surface area contributed by atoms with E-state index < -0.39 is 22.9 Å². The Hall–Kier alpha value is -2.89. The molecular formula is C29H38N4O6S. The van der Waals surface area contributed by atoms with Crippen LogP contribution in [0.3, 0.4) is 0 Å². The minimum atomic E-state index is -0.804. The number of amides is 1. The number of thioether (sulfide) groups is 1. The maximum absolute atomic E-state index is 13.4. The van der Waals surface area contributed by atoms with E-state index in [1.807, 2.05) is 6.92 Å². The van der Waals surface area contributed by atoms with Crippen LogP contribution < -0.4 is 0 Å². The summed E-state index contributed by atoms with van der Waals surface area (Å²) >= 11 is 1.66. The molecule has 40 heavy (non-hydrogen) atoms. The molecule has 1 aromatic carbocycles. The lowest BCUT2D eigenvalue weighted by Crippen LogP contribution is -2.63. The largest absolute Gasteiger partial charge is 0.456 e. The van der Waals surface area contributed by atoms with Crippen molar-refractivity contribution in [3.8, 4) is 0 Å². The maximum Gasteiger partial charge on any atom is 0.356 e. The number of nitrogens with zero attached hydrogens (tertiary/aromatic N) is 4. The topological polar surface area (TPSA) is 116 Å². The molecule has 1 amide bonds. The van der Waals surface area contributed by atoms with E-state index in [1.54, 1.807) is 30.8 Å². The third kappa shape index (κ3) is 5.64. The van der Waals surface area contributed by atoms with Gasteiger partial charge < -0.3 is 19.6 Å². The second kappa shape index (κ2) is 11.9. The summed E-state index contributed by atoms with van der Waals surface area (Å²) in [5, 5.41) is 21.5. The van der Waals surface area contributed by atoms with E-state index in [4.69, 9.17) is 4.74 Å². The quantitative estimate of drug-likeness (QED) is 0.206. The monoisotopic (exact) mass is 570 g/mol. The molecule has 0 saturated carbocycles. The fourth-order valence-electron chi connectivity index (χ4n) is 6.36. The number of carbonyl (C=O) groups is 2. The Kier molecular flexibility index (Phi) is 8.53. The van der Waals surface area contributed by atoms with Gasteiger partial charge in [-0.05, 0) is 63.6 Å². The molecule has 5 rings (SSSR count). The molecule has 6 atom stereocenters. The lowest BCUT2D eigenvalue weighted by atomic mass is 9.79. The Balaban J connectivity index is 1.29. The number of non-ortho nitro benzene ring substituents is 1. The van der Waals surface area contributed by atoms with Crippen molar-refractivity contribution >= 4 is 29.3 Å². The molecule has 0 radical (unpaired) electrons. The molecule has 0 aromatic heterocycles. The van der Waals surface area contributed by atoms with Crippen molar-refractivity contribution < 1.29 is 24.4 Å². The predicted molar refractivity (Wildman–Crippen MR) is 152 cm³/mol. The van der Waals surface area contributed by atoms with Gasteiger partial charge in [0.15, 0.2) is 0 Å². The smallest absolute Gasteiger partial charge is 0.356 e. The number of nitro groups is 1. The maximum atomic E-state index is 13.4. The van der Waals surface area contributed by atoms with Crippen LogP contribution in [0.4, 0.5) is 5.69 Å². The third-order valence-corrected chi connectivity index (χ3v) is 10.2. The summed E-state index contributed by atoms with van der Waals surface area (Å²) in [6.07, 6.45) is 8.27. The van der Waals surface area contributed by atoms with Crippen LogP contribution in [0.25, 0.3) is 0 Å². The first-order valence-corrected chi connectivity index (χ1v) is 15.0. The fourth-order valence-corrected chi connectivity index (χ4v) is 7.93. The zero-order valence-electron chi connectivity index (χ0n) is 23.3. The van der Waals surface area contributed by atoms with E-state index in [0.717, 1.165) is 37.4 Å². The van der Waals surface area contributed by atoms with Crippen LogP contribution in [-0.4, -0.2) is 86.7 Å². The van der Waals surface area contributed by atoms with E-state index in [2.05, 4.69) is 29.1 Å². The van der Waals surface area contributed by atoms with Crippen LogP contribution >= 0.6 is 11.8 Å². The number of fused-ring (bicyclic) bond motifs is 1. The summed E-state index contributed by atoms with van der Waals surface area (Å²) in [6, 6.07) is 5.96. The standard InChI is InChI=1S/C29H38N4O6S/c1-18-25-24(19(2)34)28(35)32(25)26(29(36)39-17-20-6-8-22(9-7-20)33(37)38)27(18)40-23-11-10-21(30(3)16-23)12-15-31-13-4-5-14-31/h6-9,12,15,18-19,21,23-25,34H,4-5,10-11,13-14,16-17H2,1-3H3/b15-12+/t18-,19-,21?,23?,24-,25-/m1/s1. The number of nitro benzene ring substituents is 1. The Morgan fingerprint density at radius 3 is 2.58 bits per heavy atom. The van der Waals surface area contributed by atoms with Gasteiger partial charge >= 0.3 is 5.97 Å². The summed E-state index contributed by atoms with van der Waals surface area (Å²) in [7, 11) is 2.14. The highest BCUT2D eigenvalue weighted by Gasteiger charge is 2.60. The molecule has 1 aromatic rings. The van der Waals surface area contributed by atoms with Gasteiger partial charge in [-0.25, -0.2) is 4.79 Å². The number of hydrogen-bond acceptors (Lipinski definition) is 9. The lowest BCUT2D eigenvalue weighted by molar-refractivity contribution is -0.384. The van der Waals surface area contributed by atoms with Crippen LogP contribution in [0.2, 0.25) is 0 Å². The number of ether oxygens (including phenoxy) is 1. The fraction of sp³-hybridized carbons (Fsp3) is 0.586. The normalized spacial score (nSPS) is 29.6. The van der Waals surface area contributed by atoms with Crippen LogP contribution in [0.15, 0.2) is 47.1 Å². The number of hydrogen-bond donors (Lipinski definition) is 1. The van der Waals surface area contributed by atoms with E-state index in [1.165, 1.54) is 29.9 Å². The molecule has 0 aliphatic carbocycles. The van der Waals surface area contributed by atoms with Gasteiger partial charge in [0.05, 0.1) is 23.0 Å². The molecular weight excluding hydrogens is 532 g/mol. The van der Waals surface area contributed by atoms with Crippen molar-refractivity contribution in [1.29, 1.82) is 0 Å². The Bertz CT molecular complexity index is 1200. The Labute approximate surface area is 239 Å². The molecule has 2 unspecified atom stereocenters. The van der Waals surface area contributed by atoms with Gasteiger partial charge in [-0.3, -0.25) is 19.8 Å². The summed E-state index contributed by atoms with van der Waals surface area (Å²) in [4.78, 5) is 44.1. The van der Waals surface area contributed by atoms with Crippen molar-refractivity contribution in [2.45, 2.75) is 69.6 Å². The van der Waals surface area contributed by atoms with Crippen LogP contribution in [0.5, 0.6) is 0 Å². The Morgan fingerprint density at radius 1 is 1.25 bits per heavy atom. The molecule has 216 valence electrons. The molecule has 0 spiro atoms. The van der Waals surface area contributed by atoms with Gasteiger partial charge in [-0.15, -0.1) is 11.8 Å². The first kappa shape index (κ1) is 28.6. The van der Waals surface area contributed by atoms with Gasteiger partial charge in [-0.1, -0.05) is 13.0 Å². The molecule has 4 heterocycles. The molecule has 3 saturated heterocycles. The van der Waals surface area contributed by atoms with E-state index in [9.17, 15) is 24.8 Å². The second-order valence-electron chi connectivity index (χ2n) is 11.4. The van der Waals surface area contributed by atoms with Crippen molar-refractivity contribution in [2.75, 3.05) is 26.7 Å². The highest BCUT2D eigenvalue weighted by atomic mass is 32.2. The first-order chi connectivity index (χ1) is 19.2. The zero-order valence-corrected chi connectivity index (χ0v) is 24.1. The number of piperidine rings is 1. The number of likely N-dealkylation sites (N-methyl/N-ethyl adjacent to an activating group) is 1. The molecule has 3 fully saturated rings. The first-order valence-electron chi connectivity index (χ1n) is 14.1. The van der Waals surface area contributed by atoms with Crippen molar-refractivity contribution in [2.24, 2.45) is 11.8 Å². The van der Waals surface area contributed by atoms with E-state index in [0.29, 0.717) is 11.6 Å². The zero-order chi connectivity index (χ0) is 28.6. The van der Waals surface area contributed by atoms with Gasteiger partial charge in [0.1, 0.15) is 12.3 Å². The highest BCUT2D eigenvalue weighted by molar-refractivity contribution is 8.03. The van der Waals surface area contributed by atoms with Crippen LogP contribution in [0, 0.1) is 22.0 Å². The van der Waals surface area contributed by atoms with E-state index >= 15 is 0 Å². The minimum absolute atomic E-state index is 0.0366. The van der Waals surface area contributed by atoms with E-state index in [-0.39, 0.29) is 41.1 Å². The molecule has 4 aliphatic heterocycles. The summed E-state index contributed by atoms with van der Waals surface area (Å²) in [5.74, 6) is -1.47. The summed E-state index contributed by atoms with van der Waals surface area (Å²) in [5.41, 5.74) is 0.866. The number of rotatable bonds is 9. The van der Waals surface area contributed by atoms with Crippen molar-refractivity contribution in [1.82, 2.24) is 14.7 Å². The SMILES string of the molecule is C[C@@H](O)[C@H]1C(=O)N2C(C(=O)OCc3ccc([N+](=O)[O-])cc3)=C(SC3CCC(/C=C/N4CCCC4)N(C)C3)[C@H](C)[C@H]12. The Morgan fingerprint density at radius 2 is 1.95 bits per heavy atom. The minimum Gasteiger partial charge on any atom is -0.456 e. The van der Waals surface area contributed by atoms with Crippen LogP contribution in [-0.2, 0) is 20.9 Å². The number of likely N-dealkylation sites (tertiary alicyclic amines) is 2. The summed E-state index contributed by atoms with van der Waals surface area (Å²) < 4.78 is 5.64. The second-order valence-corrected chi connectivity index (χ2v) is 12.7. The predicted octanol–water partition coefficient (Wildman–Crippen LogP) is 3.51. The number of aliphatic hydroxyl groups is 1. The highest BCUT2D eigenvalue weighted by Crippen LogP contribution is 2.52. The van der Waals surface area contributed by atoms with Gasteiger partial charge in [0.2, 0.25) is 5.91 Å². The molecule has 0 bridgehead atoms. The van der Waals surface area contributed by atoms with Gasteiger partial charge in [0.25, 0.3) is 5.69 Å². The number of aliphatic hydroxyl groups excluding tert-OH is 1. The van der Waals surface area contributed by atoms with Gasteiger partial charge in [0, 0.05) is 53.9 Å². The molecule has 11 heteroatoms. The van der Waals surface area contributed by atoms with Crippen molar-refractivity contribution in [3.63, 3.8) is 0 Å². The number of esters is 1. The molecule has 4 aliphatic rings. The number of β-lactam (4-membered cyclic amide) rings is 1. The lowest BCUT2D eigenvalue weighted by Gasteiger charge is -2.46. The summed E-state index contributed by atoms with van der Waals surface area (Å²) in [6.45, 7) is 6.70. The average Bonchev–Trinajstić information content (AvgIpc) is 3.52. The number of benzene rings is 1. The average molecular weight is 571 g/mol. The van der Waals surface area contributed by atoms with Crippen LogP contribution in [0.1, 0.15) is 45.1 Å².